The van der Waals surface area contributed by atoms with Crippen molar-refractivity contribution in [2.75, 3.05) is 36.0 Å². The smallest absolute Gasteiger partial charge is 0.410 e. The summed E-state index contributed by atoms with van der Waals surface area (Å²) in [5.74, 6) is 1.85. The van der Waals surface area contributed by atoms with E-state index < -0.39 is 20.4 Å². The summed E-state index contributed by atoms with van der Waals surface area (Å²) < 4.78 is 34.6. The molecule has 2 aromatic heterocycles. The molecule has 2 atom stereocenters. The van der Waals surface area contributed by atoms with Crippen LogP contribution >= 0.6 is 0 Å². The van der Waals surface area contributed by atoms with Gasteiger partial charge in [-0.1, -0.05) is 61.9 Å². The van der Waals surface area contributed by atoms with E-state index in [4.69, 9.17) is 14.7 Å². The van der Waals surface area contributed by atoms with Crippen molar-refractivity contribution in [3.63, 3.8) is 0 Å². The molecule has 286 valence electrons. The Morgan fingerprint density at radius 3 is 2.52 bits per heavy atom. The maximum absolute atomic E-state index is 14.3. The third kappa shape index (κ3) is 6.91. The largest absolute Gasteiger partial charge is 0.444 e. The molecule has 1 saturated heterocycles. The number of hydrogen-bond acceptors (Lipinski definition) is 8. The van der Waals surface area contributed by atoms with E-state index >= 15 is 0 Å². The Labute approximate surface area is 320 Å². The van der Waals surface area contributed by atoms with Crippen molar-refractivity contribution in [2.45, 2.75) is 104 Å². The van der Waals surface area contributed by atoms with Crippen molar-refractivity contribution in [2.24, 2.45) is 0 Å². The summed E-state index contributed by atoms with van der Waals surface area (Å²) in [6.07, 6.45) is 8.12. The molecule has 0 saturated carbocycles. The Balaban J connectivity index is 1.31. The zero-order valence-corrected chi connectivity index (χ0v) is 34.0. The number of anilines is 2. The van der Waals surface area contributed by atoms with Gasteiger partial charge in [-0.25, -0.2) is 27.2 Å². The van der Waals surface area contributed by atoms with Crippen molar-refractivity contribution in [3.05, 3.63) is 94.8 Å². The summed E-state index contributed by atoms with van der Waals surface area (Å²) >= 11 is 0. The molecule has 0 radical (unpaired) electrons. The van der Waals surface area contributed by atoms with Crippen molar-refractivity contribution in [3.8, 4) is 11.4 Å². The first kappa shape index (κ1) is 37.7. The summed E-state index contributed by atoms with van der Waals surface area (Å²) in [5, 5.41) is 0.781. The number of rotatable bonds is 6. The lowest BCUT2D eigenvalue weighted by molar-refractivity contribution is 0.0218. The van der Waals surface area contributed by atoms with E-state index in [2.05, 4.69) is 55.7 Å². The zero-order valence-electron chi connectivity index (χ0n) is 33.2. The summed E-state index contributed by atoms with van der Waals surface area (Å²) in [4.78, 5) is 30.3. The number of aromatic nitrogens is 3. The fraction of sp³-hybridized carbons (Fsp3) is 0.465. The van der Waals surface area contributed by atoms with Crippen LogP contribution in [0.15, 0.2) is 72.5 Å². The van der Waals surface area contributed by atoms with Crippen LogP contribution in [0.25, 0.3) is 22.3 Å². The van der Waals surface area contributed by atoms with Crippen LogP contribution in [0.3, 0.4) is 0 Å². The normalized spacial score (nSPS) is 20.7. The minimum atomic E-state index is -3.80. The molecule has 0 spiro atoms. The molecular formula is C43H54N6O4S. The molecule has 1 aliphatic carbocycles. The molecule has 1 amide bonds. The second kappa shape index (κ2) is 13.9. The summed E-state index contributed by atoms with van der Waals surface area (Å²) in [7, 11) is -3.80. The molecule has 2 aliphatic heterocycles. The maximum atomic E-state index is 14.3. The Morgan fingerprint density at radius 2 is 1.81 bits per heavy atom. The van der Waals surface area contributed by atoms with Crippen LogP contribution in [-0.4, -0.2) is 75.9 Å². The molecule has 1 unspecified atom stereocenters. The number of allylic oxidation sites excluding steroid dienone is 3. The number of ether oxygens (including phenoxy) is 1. The van der Waals surface area contributed by atoms with Gasteiger partial charge in [0.25, 0.3) is 0 Å². The predicted octanol–water partition coefficient (Wildman–Crippen LogP) is 8.38. The Kier molecular flexibility index (Phi) is 9.69. The van der Waals surface area contributed by atoms with Crippen LogP contribution in [0, 0.1) is 6.92 Å². The zero-order chi connectivity index (χ0) is 38.7. The highest BCUT2D eigenvalue weighted by molar-refractivity contribution is 7.91. The average Bonchev–Trinajstić information content (AvgIpc) is 3.56. The van der Waals surface area contributed by atoms with Crippen LogP contribution in [0.2, 0.25) is 0 Å². The first-order valence-electron chi connectivity index (χ1n) is 19.2. The highest BCUT2D eigenvalue weighted by atomic mass is 32.2. The van der Waals surface area contributed by atoms with Crippen molar-refractivity contribution >= 4 is 38.5 Å². The molecule has 0 bridgehead atoms. The van der Waals surface area contributed by atoms with E-state index in [9.17, 15) is 13.2 Å². The first-order valence-corrected chi connectivity index (χ1v) is 20.6. The van der Waals surface area contributed by atoms with E-state index in [0.29, 0.717) is 49.9 Å². The molecule has 4 heterocycles. The van der Waals surface area contributed by atoms with E-state index in [1.807, 2.05) is 64.1 Å². The fourth-order valence-electron chi connectivity index (χ4n) is 8.09. The molecular weight excluding hydrogens is 697 g/mol. The van der Waals surface area contributed by atoms with Gasteiger partial charge in [0, 0.05) is 73.6 Å². The van der Waals surface area contributed by atoms with E-state index in [0.717, 1.165) is 46.6 Å². The second-order valence-corrected chi connectivity index (χ2v) is 19.1. The molecule has 4 aromatic rings. The number of hydrogen-bond donors (Lipinski definition) is 0. The minimum absolute atomic E-state index is 0.0386. The summed E-state index contributed by atoms with van der Waals surface area (Å²) in [6, 6.07) is 14.3. The van der Waals surface area contributed by atoms with Gasteiger partial charge in [0.2, 0.25) is 10.0 Å². The van der Waals surface area contributed by atoms with Gasteiger partial charge in [-0.05, 0) is 90.1 Å². The lowest BCUT2D eigenvalue weighted by atomic mass is 9.96. The highest BCUT2D eigenvalue weighted by Gasteiger charge is 2.40. The lowest BCUT2D eigenvalue weighted by Crippen LogP contribution is -2.55. The third-order valence-electron chi connectivity index (χ3n) is 11.1. The predicted molar refractivity (Wildman–Crippen MR) is 218 cm³/mol. The van der Waals surface area contributed by atoms with Gasteiger partial charge in [0.05, 0.1) is 11.2 Å². The number of nitrogens with zero attached hydrogens (tertiary/aromatic N) is 6. The van der Waals surface area contributed by atoms with E-state index in [1.165, 1.54) is 20.8 Å². The van der Waals surface area contributed by atoms with Gasteiger partial charge < -0.3 is 19.4 Å². The van der Waals surface area contributed by atoms with Crippen LogP contribution in [0.5, 0.6) is 0 Å². The SMILES string of the molecule is CC1=CC=CC(C)(S(=O)(=O)n2ccc3c(-c4nc5c(c(N6CCN(C(=O)OC(C)(C)C)C[C@H]6C)n4)CN(c4cc(C(C)C)ccc4C)CC5)cccc32)C1. The van der Waals surface area contributed by atoms with Gasteiger partial charge in [0.1, 0.15) is 16.2 Å². The van der Waals surface area contributed by atoms with Gasteiger partial charge in [-0.3, -0.25) is 0 Å². The number of carbonyl (C=O) groups excluding carboxylic acids is 1. The highest BCUT2D eigenvalue weighted by Crippen LogP contribution is 2.39. The van der Waals surface area contributed by atoms with E-state index in [1.54, 1.807) is 24.1 Å². The van der Waals surface area contributed by atoms with Crippen molar-refractivity contribution in [1.29, 1.82) is 0 Å². The van der Waals surface area contributed by atoms with Crippen molar-refractivity contribution in [1.82, 2.24) is 18.8 Å². The maximum Gasteiger partial charge on any atom is 0.410 e. The minimum Gasteiger partial charge on any atom is -0.444 e. The molecule has 54 heavy (non-hydrogen) atoms. The average molecular weight is 751 g/mol. The Bertz CT molecular complexity index is 2280. The molecule has 7 rings (SSSR count). The topological polar surface area (TPSA) is 101 Å². The monoisotopic (exact) mass is 750 g/mol. The molecule has 1 fully saturated rings. The number of carbonyl (C=O) groups is 1. The van der Waals surface area contributed by atoms with Crippen LogP contribution in [-0.2, 0) is 27.7 Å². The van der Waals surface area contributed by atoms with Crippen molar-refractivity contribution < 1.29 is 17.9 Å². The third-order valence-corrected chi connectivity index (χ3v) is 13.4. The molecule has 10 nitrogen and oxygen atoms in total. The first-order chi connectivity index (χ1) is 25.5. The number of benzene rings is 2. The lowest BCUT2D eigenvalue weighted by Gasteiger charge is -2.42. The van der Waals surface area contributed by atoms with Gasteiger partial charge in [-0.15, -0.1) is 0 Å². The Hall–Kier alpha value is -4.64. The van der Waals surface area contributed by atoms with E-state index in [-0.39, 0.29) is 12.1 Å². The molecule has 2 aromatic carbocycles. The molecule has 3 aliphatic rings. The number of piperazine rings is 1. The quantitative estimate of drug-likeness (QED) is 0.194. The number of amides is 1. The van der Waals surface area contributed by atoms with Crippen LogP contribution < -0.4 is 9.80 Å². The molecule has 0 N–H and O–H groups in total. The van der Waals surface area contributed by atoms with Gasteiger partial charge in [0.15, 0.2) is 5.82 Å². The van der Waals surface area contributed by atoms with Gasteiger partial charge in [-0.2, -0.15) is 0 Å². The fourth-order valence-corrected chi connectivity index (χ4v) is 9.84. The summed E-state index contributed by atoms with van der Waals surface area (Å²) in [5.41, 5.74) is 7.69. The summed E-state index contributed by atoms with van der Waals surface area (Å²) in [6.45, 7) is 21.2. The van der Waals surface area contributed by atoms with Crippen LogP contribution in [0.4, 0.5) is 16.3 Å². The number of fused-ring (bicyclic) bond motifs is 2. The standard InChI is InChI=1S/C43H54N6O4S/c1-28(2)32-16-15-30(4)38(24-32)46-20-18-36-35(27-46)40(48-23-22-47(26-31(48)5)41(50)53-42(6,7)8)45-39(44-36)34-13-10-14-37-33(34)17-21-49(37)54(51,52)43(9)19-11-12-29(3)25-43/h10-17,19,21,24,28,31H,18,20,22-23,25-27H2,1-9H3/t31-,43?/m1/s1. The molecule has 11 heteroatoms. The van der Waals surface area contributed by atoms with Crippen LogP contribution in [0.1, 0.15) is 90.1 Å². The second-order valence-electron chi connectivity index (χ2n) is 16.9. The van der Waals surface area contributed by atoms with Gasteiger partial charge >= 0.3 is 6.09 Å². The number of aryl methyl sites for hydroxylation is 1. The Morgan fingerprint density at radius 1 is 1.04 bits per heavy atom.